The summed E-state index contributed by atoms with van der Waals surface area (Å²) in [6.45, 7) is 1.49. The van der Waals surface area contributed by atoms with Gasteiger partial charge in [0.1, 0.15) is 11.6 Å². The Kier molecular flexibility index (Phi) is 3.68. The summed E-state index contributed by atoms with van der Waals surface area (Å²) in [6, 6.07) is 3.01. The first-order valence-electron chi connectivity index (χ1n) is 5.63. The summed E-state index contributed by atoms with van der Waals surface area (Å²) in [5, 5.41) is 5.53. The fourth-order valence-electron chi connectivity index (χ4n) is 1.90. The molecule has 0 radical (unpaired) electrons. The van der Waals surface area contributed by atoms with Crippen molar-refractivity contribution in [1.29, 1.82) is 0 Å². The minimum atomic E-state index is -0.622. The Morgan fingerprint density at radius 3 is 2.94 bits per heavy atom. The molecule has 1 saturated heterocycles. The largest absolute Gasteiger partial charge is 0.323 e. The molecule has 1 amide bonds. The lowest BCUT2D eigenvalue weighted by Crippen LogP contribution is -2.37. The summed E-state index contributed by atoms with van der Waals surface area (Å²) >= 11 is 0. The summed E-state index contributed by atoms with van der Waals surface area (Å²) < 4.78 is 26.2. The lowest BCUT2D eigenvalue weighted by molar-refractivity contribution is -0.120. The Morgan fingerprint density at radius 2 is 2.24 bits per heavy atom. The second kappa shape index (κ2) is 5.23. The van der Waals surface area contributed by atoms with E-state index in [4.69, 9.17) is 0 Å². The van der Waals surface area contributed by atoms with E-state index in [9.17, 15) is 13.6 Å². The van der Waals surface area contributed by atoms with Crippen LogP contribution in [0.25, 0.3) is 0 Å². The topological polar surface area (TPSA) is 41.1 Å². The molecule has 5 heteroatoms. The molecule has 1 atom stereocenters. The van der Waals surface area contributed by atoms with Crippen molar-refractivity contribution in [3.63, 3.8) is 0 Å². The van der Waals surface area contributed by atoms with Crippen LogP contribution in [0.5, 0.6) is 0 Å². The quantitative estimate of drug-likeness (QED) is 0.829. The molecule has 1 heterocycles. The molecule has 17 heavy (non-hydrogen) atoms. The van der Waals surface area contributed by atoms with Gasteiger partial charge >= 0.3 is 0 Å². The van der Waals surface area contributed by atoms with Crippen LogP contribution in [0.1, 0.15) is 12.8 Å². The van der Waals surface area contributed by atoms with Crippen molar-refractivity contribution in [1.82, 2.24) is 5.32 Å². The molecular weight excluding hydrogens is 226 g/mol. The molecule has 1 aromatic rings. The van der Waals surface area contributed by atoms with Gasteiger partial charge in [-0.3, -0.25) is 4.79 Å². The molecular formula is C12H14F2N2O. The average molecular weight is 240 g/mol. The zero-order chi connectivity index (χ0) is 12.3. The van der Waals surface area contributed by atoms with Crippen LogP contribution in [-0.4, -0.2) is 19.0 Å². The Balaban J connectivity index is 2.04. The molecule has 1 fully saturated rings. The highest BCUT2D eigenvalue weighted by Crippen LogP contribution is 2.18. The number of piperidine rings is 1. The summed E-state index contributed by atoms with van der Waals surface area (Å²) in [7, 11) is 0. The molecule has 1 aliphatic rings. The number of anilines is 1. The smallest absolute Gasteiger partial charge is 0.228 e. The van der Waals surface area contributed by atoms with Gasteiger partial charge in [-0.05, 0) is 31.5 Å². The Bertz CT molecular complexity index is 417. The van der Waals surface area contributed by atoms with E-state index in [0.29, 0.717) is 6.54 Å². The zero-order valence-electron chi connectivity index (χ0n) is 9.30. The average Bonchev–Trinajstić information content (AvgIpc) is 2.35. The highest BCUT2D eigenvalue weighted by molar-refractivity contribution is 5.92. The third-order valence-electron chi connectivity index (χ3n) is 2.85. The molecule has 0 aliphatic carbocycles. The lowest BCUT2D eigenvalue weighted by atomic mass is 9.99. The minimum Gasteiger partial charge on any atom is -0.323 e. The van der Waals surface area contributed by atoms with E-state index in [0.717, 1.165) is 37.6 Å². The fourth-order valence-corrected chi connectivity index (χ4v) is 1.90. The second-order valence-corrected chi connectivity index (χ2v) is 4.16. The van der Waals surface area contributed by atoms with Gasteiger partial charge < -0.3 is 10.6 Å². The monoisotopic (exact) mass is 240 g/mol. The van der Waals surface area contributed by atoms with Gasteiger partial charge in [0.15, 0.2) is 0 Å². The number of hydrogen-bond donors (Lipinski definition) is 2. The van der Waals surface area contributed by atoms with E-state index in [1.165, 1.54) is 0 Å². The normalized spacial score (nSPS) is 20.0. The number of halogens is 2. The summed E-state index contributed by atoms with van der Waals surface area (Å²) in [5.74, 6) is -1.62. The third kappa shape index (κ3) is 3.00. The molecule has 0 spiro atoms. The van der Waals surface area contributed by atoms with Crippen LogP contribution in [0, 0.1) is 17.6 Å². The van der Waals surface area contributed by atoms with Crippen LogP contribution in [0.2, 0.25) is 0 Å². The van der Waals surface area contributed by atoms with Gasteiger partial charge in [0.2, 0.25) is 5.91 Å². The number of nitrogens with one attached hydrogen (secondary N) is 2. The molecule has 92 valence electrons. The first-order chi connectivity index (χ1) is 8.16. The highest BCUT2D eigenvalue weighted by atomic mass is 19.1. The molecule has 2 rings (SSSR count). The van der Waals surface area contributed by atoms with E-state index in [2.05, 4.69) is 10.6 Å². The van der Waals surface area contributed by atoms with Crippen molar-refractivity contribution in [2.75, 3.05) is 18.4 Å². The summed E-state index contributed by atoms with van der Waals surface area (Å²) in [5.41, 5.74) is -0.0967. The summed E-state index contributed by atoms with van der Waals surface area (Å²) in [4.78, 5) is 11.8. The fraction of sp³-hybridized carbons (Fsp3) is 0.417. The van der Waals surface area contributed by atoms with Crippen LogP contribution >= 0.6 is 0 Å². The van der Waals surface area contributed by atoms with Crippen LogP contribution in [-0.2, 0) is 4.79 Å². The standard InChI is InChI=1S/C12H14F2N2O/c13-9-3-4-10(14)11(6-9)16-12(17)8-2-1-5-15-7-8/h3-4,6,8,15H,1-2,5,7H2,(H,16,17)/t8-/m1/s1. The first-order valence-corrected chi connectivity index (χ1v) is 5.63. The molecule has 3 nitrogen and oxygen atoms in total. The van der Waals surface area contributed by atoms with Gasteiger partial charge in [-0.25, -0.2) is 8.78 Å². The highest BCUT2D eigenvalue weighted by Gasteiger charge is 2.21. The van der Waals surface area contributed by atoms with E-state index >= 15 is 0 Å². The number of benzene rings is 1. The van der Waals surface area contributed by atoms with Gasteiger partial charge in [0.25, 0.3) is 0 Å². The van der Waals surface area contributed by atoms with Gasteiger partial charge in [0, 0.05) is 12.6 Å². The van der Waals surface area contributed by atoms with Crippen molar-refractivity contribution in [3.8, 4) is 0 Å². The Labute approximate surface area is 98.2 Å². The van der Waals surface area contributed by atoms with E-state index in [1.54, 1.807) is 0 Å². The van der Waals surface area contributed by atoms with Crippen molar-refractivity contribution in [3.05, 3.63) is 29.8 Å². The summed E-state index contributed by atoms with van der Waals surface area (Å²) in [6.07, 6.45) is 1.69. The predicted molar refractivity (Wildman–Crippen MR) is 60.6 cm³/mol. The lowest BCUT2D eigenvalue weighted by Gasteiger charge is -2.21. The van der Waals surface area contributed by atoms with Gasteiger partial charge in [-0.15, -0.1) is 0 Å². The number of carbonyl (C=O) groups excluding carboxylic acids is 1. The molecule has 1 aliphatic heterocycles. The third-order valence-corrected chi connectivity index (χ3v) is 2.85. The van der Waals surface area contributed by atoms with Gasteiger partial charge in [-0.1, -0.05) is 0 Å². The Hall–Kier alpha value is -1.49. The van der Waals surface area contributed by atoms with Crippen molar-refractivity contribution < 1.29 is 13.6 Å². The predicted octanol–water partition coefficient (Wildman–Crippen LogP) is 1.90. The second-order valence-electron chi connectivity index (χ2n) is 4.16. The maximum atomic E-state index is 13.3. The maximum absolute atomic E-state index is 13.3. The van der Waals surface area contributed by atoms with Gasteiger partial charge in [-0.2, -0.15) is 0 Å². The SMILES string of the molecule is O=C(Nc1cc(F)ccc1F)[C@@H]1CCCNC1. The first kappa shape index (κ1) is 12.0. The van der Waals surface area contributed by atoms with Crippen LogP contribution in [0.4, 0.5) is 14.5 Å². The number of rotatable bonds is 2. The molecule has 0 unspecified atom stereocenters. The molecule has 2 N–H and O–H groups in total. The molecule has 0 saturated carbocycles. The zero-order valence-corrected chi connectivity index (χ0v) is 9.30. The maximum Gasteiger partial charge on any atom is 0.228 e. The number of carbonyl (C=O) groups is 1. The van der Waals surface area contributed by atoms with E-state index < -0.39 is 11.6 Å². The van der Waals surface area contributed by atoms with E-state index in [-0.39, 0.29) is 17.5 Å². The van der Waals surface area contributed by atoms with Gasteiger partial charge in [0.05, 0.1) is 11.6 Å². The number of amides is 1. The van der Waals surface area contributed by atoms with Crippen molar-refractivity contribution in [2.24, 2.45) is 5.92 Å². The molecule has 0 bridgehead atoms. The number of hydrogen-bond acceptors (Lipinski definition) is 2. The van der Waals surface area contributed by atoms with Crippen molar-refractivity contribution >= 4 is 11.6 Å². The van der Waals surface area contributed by atoms with Crippen LogP contribution < -0.4 is 10.6 Å². The molecule has 1 aromatic carbocycles. The van der Waals surface area contributed by atoms with E-state index in [1.807, 2.05) is 0 Å². The van der Waals surface area contributed by atoms with Crippen LogP contribution in [0.3, 0.4) is 0 Å². The minimum absolute atomic E-state index is 0.0967. The molecule has 0 aromatic heterocycles. The van der Waals surface area contributed by atoms with Crippen molar-refractivity contribution in [2.45, 2.75) is 12.8 Å². The Morgan fingerprint density at radius 1 is 1.41 bits per heavy atom. The van der Waals surface area contributed by atoms with Crippen LogP contribution in [0.15, 0.2) is 18.2 Å².